The molecule has 4 nitrogen and oxygen atoms in total. The number of carbonyl (C=O) groups excluding carboxylic acids is 1. The highest BCUT2D eigenvalue weighted by atomic mass is 35.5. The molecule has 0 aromatic heterocycles. The number of hydrogen-bond donors (Lipinski definition) is 1. The summed E-state index contributed by atoms with van der Waals surface area (Å²) in [7, 11) is 0. The molecule has 0 radical (unpaired) electrons. The number of benzene rings is 2. The molecule has 1 heterocycles. The van der Waals surface area contributed by atoms with E-state index in [2.05, 4.69) is 21.6 Å². The van der Waals surface area contributed by atoms with Crippen molar-refractivity contribution in [1.29, 1.82) is 0 Å². The van der Waals surface area contributed by atoms with E-state index in [1.807, 2.05) is 43.3 Å². The van der Waals surface area contributed by atoms with Gasteiger partial charge in [0.25, 0.3) is 0 Å². The molecule has 1 atom stereocenters. The Morgan fingerprint density at radius 3 is 2.88 bits per heavy atom. The van der Waals surface area contributed by atoms with E-state index >= 15 is 0 Å². The molecule has 3 rings (SSSR count). The van der Waals surface area contributed by atoms with E-state index in [1.165, 1.54) is 17.3 Å². The number of aryl methyl sites for hydroxylation is 1. The van der Waals surface area contributed by atoms with Crippen LogP contribution in [0.4, 0.5) is 0 Å². The van der Waals surface area contributed by atoms with Crippen molar-refractivity contribution in [1.82, 2.24) is 5.32 Å². The van der Waals surface area contributed by atoms with Gasteiger partial charge in [-0.05, 0) is 25.0 Å². The highest BCUT2D eigenvalue weighted by Crippen LogP contribution is 2.23. The lowest BCUT2D eigenvalue weighted by Gasteiger charge is -2.05. The summed E-state index contributed by atoms with van der Waals surface area (Å²) in [6, 6.07) is 15.6. The van der Waals surface area contributed by atoms with Crippen LogP contribution in [0, 0.1) is 6.92 Å². The molecule has 1 aliphatic heterocycles. The number of nitrogens with zero attached hydrogens (tertiary/aromatic N) is 2. The summed E-state index contributed by atoms with van der Waals surface area (Å²) < 4.78 is 0. The molecule has 1 amide bonds. The van der Waals surface area contributed by atoms with Gasteiger partial charge in [0.15, 0.2) is 5.17 Å². The molecule has 0 unspecified atom stereocenters. The Kier molecular flexibility index (Phi) is 5.33. The van der Waals surface area contributed by atoms with Crippen LogP contribution in [0.3, 0.4) is 0 Å². The quantitative estimate of drug-likeness (QED) is 0.668. The van der Waals surface area contributed by atoms with Crippen LogP contribution in [0.1, 0.15) is 16.7 Å². The average molecular weight is 358 g/mol. The van der Waals surface area contributed by atoms with Gasteiger partial charge < -0.3 is 5.32 Å². The molecule has 0 saturated carbocycles. The van der Waals surface area contributed by atoms with Crippen molar-refractivity contribution in [3.8, 4) is 0 Å². The van der Waals surface area contributed by atoms with Crippen molar-refractivity contribution in [2.24, 2.45) is 10.2 Å². The van der Waals surface area contributed by atoms with Crippen molar-refractivity contribution in [3.63, 3.8) is 0 Å². The summed E-state index contributed by atoms with van der Waals surface area (Å²) in [6.07, 6.45) is 2.25. The molecule has 6 heteroatoms. The summed E-state index contributed by atoms with van der Waals surface area (Å²) in [6.45, 7) is 2.04. The smallest absolute Gasteiger partial charge is 0.239 e. The highest BCUT2D eigenvalue weighted by Gasteiger charge is 2.30. The van der Waals surface area contributed by atoms with Gasteiger partial charge >= 0.3 is 0 Å². The molecule has 0 aliphatic carbocycles. The molecule has 0 bridgehead atoms. The van der Waals surface area contributed by atoms with Gasteiger partial charge in [0.2, 0.25) is 5.91 Å². The first-order valence-electron chi connectivity index (χ1n) is 7.50. The predicted molar refractivity (Wildman–Crippen MR) is 101 cm³/mol. The summed E-state index contributed by atoms with van der Waals surface area (Å²) in [4.78, 5) is 12.1. The minimum absolute atomic E-state index is 0.0341. The summed E-state index contributed by atoms with van der Waals surface area (Å²) in [5.41, 5.74) is 3.12. The second kappa shape index (κ2) is 7.64. The third-order valence-electron chi connectivity index (χ3n) is 3.53. The lowest BCUT2D eigenvalue weighted by molar-refractivity contribution is -0.118. The topological polar surface area (TPSA) is 53.8 Å². The van der Waals surface area contributed by atoms with Gasteiger partial charge in [-0.15, -0.1) is 5.10 Å². The summed E-state index contributed by atoms with van der Waals surface area (Å²) in [5, 5.41) is 11.8. The van der Waals surface area contributed by atoms with E-state index in [4.69, 9.17) is 11.6 Å². The van der Waals surface area contributed by atoms with Crippen LogP contribution in [0.25, 0.3) is 0 Å². The van der Waals surface area contributed by atoms with Crippen LogP contribution in [-0.2, 0) is 11.2 Å². The molecule has 2 aromatic carbocycles. The molecule has 1 N–H and O–H groups in total. The lowest BCUT2D eigenvalue weighted by atomic mass is 10.1. The molecule has 122 valence electrons. The first-order valence-corrected chi connectivity index (χ1v) is 8.76. The first-order chi connectivity index (χ1) is 11.6. The van der Waals surface area contributed by atoms with E-state index in [9.17, 15) is 4.79 Å². The lowest BCUT2D eigenvalue weighted by Crippen LogP contribution is -2.25. The van der Waals surface area contributed by atoms with Crippen LogP contribution < -0.4 is 5.32 Å². The second-order valence-corrected chi connectivity index (χ2v) is 7.06. The number of nitrogens with one attached hydrogen (secondary N) is 1. The predicted octanol–water partition coefficient (Wildman–Crippen LogP) is 3.81. The monoisotopic (exact) mass is 357 g/mol. The number of carbonyl (C=O) groups is 1. The molecule has 24 heavy (non-hydrogen) atoms. The maximum atomic E-state index is 12.1. The van der Waals surface area contributed by atoms with Crippen molar-refractivity contribution >= 4 is 40.7 Å². The van der Waals surface area contributed by atoms with Crippen molar-refractivity contribution in [3.05, 3.63) is 70.2 Å². The zero-order valence-corrected chi connectivity index (χ0v) is 14.6. The second-order valence-electron chi connectivity index (χ2n) is 5.46. The average Bonchev–Trinajstić information content (AvgIpc) is 2.89. The third kappa shape index (κ3) is 4.24. The zero-order valence-electron chi connectivity index (χ0n) is 13.1. The van der Waals surface area contributed by atoms with Crippen LogP contribution >= 0.6 is 23.4 Å². The Labute approximate surface area is 150 Å². The van der Waals surface area contributed by atoms with Gasteiger partial charge in [0.1, 0.15) is 0 Å². The van der Waals surface area contributed by atoms with Crippen LogP contribution in [0.2, 0.25) is 5.02 Å². The molecule has 1 fully saturated rings. The number of hydrogen-bond acceptors (Lipinski definition) is 4. The normalized spacial score (nSPS) is 19.2. The molecular formula is C18H16ClN3OS. The van der Waals surface area contributed by atoms with Crippen LogP contribution in [-0.4, -0.2) is 22.5 Å². The van der Waals surface area contributed by atoms with Gasteiger partial charge in [-0.1, -0.05) is 71.4 Å². The number of thioether (sulfide) groups is 1. The minimum atomic E-state index is -0.180. The molecule has 2 aromatic rings. The Bertz CT molecular complexity index is 819. The summed E-state index contributed by atoms with van der Waals surface area (Å²) >= 11 is 7.46. The highest BCUT2D eigenvalue weighted by molar-refractivity contribution is 8.15. The maximum Gasteiger partial charge on any atom is 0.239 e. The Hall–Kier alpha value is -2.11. The number of amides is 1. The van der Waals surface area contributed by atoms with E-state index < -0.39 is 0 Å². The largest absolute Gasteiger partial charge is 0.303 e. The van der Waals surface area contributed by atoms with E-state index in [-0.39, 0.29) is 11.2 Å². The standard InChI is InChI=1S/C18H16ClN3OS/c1-12-5-4-6-13(9-12)10-16-17(23)21-18(24-16)22-20-11-14-7-2-3-8-15(14)19/h2-9,11,16H,10H2,1H3,(H,21,22,23)/t16-/m1/s1. The first kappa shape index (κ1) is 16.7. The van der Waals surface area contributed by atoms with Crippen molar-refractivity contribution < 1.29 is 4.79 Å². The Morgan fingerprint density at radius 2 is 2.08 bits per heavy atom. The van der Waals surface area contributed by atoms with Gasteiger partial charge in [-0.25, -0.2) is 0 Å². The number of halogens is 1. The zero-order chi connectivity index (χ0) is 16.9. The van der Waals surface area contributed by atoms with Crippen molar-refractivity contribution in [2.75, 3.05) is 0 Å². The number of rotatable bonds is 4. The van der Waals surface area contributed by atoms with Gasteiger partial charge in [0.05, 0.1) is 11.5 Å². The number of amidine groups is 1. The van der Waals surface area contributed by atoms with E-state index in [0.29, 0.717) is 16.6 Å². The minimum Gasteiger partial charge on any atom is -0.303 e. The molecule has 1 saturated heterocycles. The summed E-state index contributed by atoms with van der Waals surface area (Å²) in [5.74, 6) is -0.0341. The molecule has 1 aliphatic rings. The van der Waals surface area contributed by atoms with E-state index in [0.717, 1.165) is 11.1 Å². The maximum absolute atomic E-state index is 12.1. The van der Waals surface area contributed by atoms with Gasteiger partial charge in [-0.2, -0.15) is 5.10 Å². The molecule has 0 spiro atoms. The van der Waals surface area contributed by atoms with Gasteiger partial charge in [0, 0.05) is 10.6 Å². The van der Waals surface area contributed by atoms with Crippen molar-refractivity contribution in [2.45, 2.75) is 18.6 Å². The Morgan fingerprint density at radius 1 is 1.25 bits per heavy atom. The van der Waals surface area contributed by atoms with E-state index in [1.54, 1.807) is 12.3 Å². The molecular weight excluding hydrogens is 342 g/mol. The fourth-order valence-electron chi connectivity index (χ4n) is 2.36. The fraction of sp³-hybridized carbons (Fsp3) is 0.167. The van der Waals surface area contributed by atoms with Crippen LogP contribution in [0.5, 0.6) is 0 Å². The fourth-order valence-corrected chi connectivity index (χ4v) is 3.51. The van der Waals surface area contributed by atoms with Crippen LogP contribution in [0.15, 0.2) is 58.7 Å². The third-order valence-corrected chi connectivity index (χ3v) is 4.95. The Balaban J connectivity index is 1.65. The van der Waals surface area contributed by atoms with Gasteiger partial charge in [-0.3, -0.25) is 4.79 Å². The SMILES string of the molecule is Cc1cccc(C[C@H]2S/C(=N/N=Cc3ccccc3Cl)NC2=O)c1.